The van der Waals surface area contributed by atoms with E-state index in [2.05, 4.69) is 4.90 Å². The number of anilines is 1. The van der Waals surface area contributed by atoms with Gasteiger partial charge in [-0.3, -0.25) is 4.79 Å². The molecule has 2 saturated heterocycles. The first-order chi connectivity index (χ1) is 14.1. The maximum atomic E-state index is 12.8. The first-order valence-corrected chi connectivity index (χ1v) is 11.0. The van der Waals surface area contributed by atoms with Gasteiger partial charge in [-0.25, -0.2) is 4.79 Å². The highest BCUT2D eigenvalue weighted by Gasteiger charge is 2.28. The highest BCUT2D eigenvalue weighted by atomic mass is 32.1. The average Bonchev–Trinajstić information content (AvgIpc) is 3.45. The molecule has 1 unspecified atom stereocenters. The van der Waals surface area contributed by atoms with Crippen LogP contribution in [0, 0.1) is 0 Å². The number of carbonyl (C=O) groups excluding carboxylic acids is 2. The van der Waals surface area contributed by atoms with Gasteiger partial charge in [0.1, 0.15) is 4.88 Å². The van der Waals surface area contributed by atoms with Gasteiger partial charge >= 0.3 is 5.97 Å². The van der Waals surface area contributed by atoms with Crippen molar-refractivity contribution in [3.05, 3.63) is 41.3 Å². The summed E-state index contributed by atoms with van der Waals surface area (Å²) in [6.45, 7) is 6.09. The van der Waals surface area contributed by atoms with Crippen LogP contribution in [0.25, 0.3) is 11.1 Å². The van der Waals surface area contributed by atoms with Crippen LogP contribution in [0.4, 0.5) is 5.00 Å². The number of carbonyl (C=O) groups is 2. The van der Waals surface area contributed by atoms with E-state index in [-0.39, 0.29) is 5.91 Å². The molecule has 0 saturated carbocycles. The van der Waals surface area contributed by atoms with Crippen LogP contribution in [0.15, 0.2) is 36.4 Å². The highest BCUT2D eigenvalue weighted by molar-refractivity contribution is 7.18. The first-order valence-electron chi connectivity index (χ1n) is 10.1. The number of rotatable bonds is 5. The van der Waals surface area contributed by atoms with Gasteiger partial charge in [0, 0.05) is 31.7 Å². The van der Waals surface area contributed by atoms with Crippen molar-refractivity contribution in [2.45, 2.75) is 25.9 Å². The Bertz CT molecular complexity index is 855. The van der Waals surface area contributed by atoms with Crippen molar-refractivity contribution >= 4 is 28.2 Å². The predicted molar refractivity (Wildman–Crippen MR) is 113 cm³/mol. The fourth-order valence-electron chi connectivity index (χ4n) is 3.77. The van der Waals surface area contributed by atoms with Gasteiger partial charge < -0.3 is 19.3 Å². The molecule has 0 spiro atoms. The van der Waals surface area contributed by atoms with E-state index in [9.17, 15) is 9.59 Å². The number of likely N-dealkylation sites (tertiary alicyclic amines) is 1. The molecule has 4 rings (SSSR count). The van der Waals surface area contributed by atoms with E-state index in [1.807, 2.05) is 36.4 Å². The van der Waals surface area contributed by atoms with E-state index in [0.29, 0.717) is 18.1 Å². The van der Waals surface area contributed by atoms with Crippen LogP contribution in [0.3, 0.4) is 0 Å². The number of esters is 1. The van der Waals surface area contributed by atoms with Gasteiger partial charge in [-0.05, 0) is 31.4 Å². The number of thiophene rings is 1. The molecule has 2 aliphatic heterocycles. The lowest BCUT2D eigenvalue weighted by molar-refractivity contribution is -0.138. The minimum atomic E-state index is -0.769. The second-order valence-electron chi connectivity index (χ2n) is 7.37. The lowest BCUT2D eigenvalue weighted by Gasteiger charge is -2.28. The quantitative estimate of drug-likeness (QED) is 0.702. The minimum absolute atomic E-state index is 0.107. The third-order valence-corrected chi connectivity index (χ3v) is 6.52. The lowest BCUT2D eigenvalue weighted by Crippen LogP contribution is -2.38. The fraction of sp³-hybridized carbons (Fsp3) is 0.455. The molecule has 154 valence electrons. The third kappa shape index (κ3) is 4.46. The van der Waals surface area contributed by atoms with Crippen LogP contribution in [-0.4, -0.2) is 62.3 Å². The zero-order valence-corrected chi connectivity index (χ0v) is 17.5. The number of morpholine rings is 1. The van der Waals surface area contributed by atoms with Gasteiger partial charge in [-0.15, -0.1) is 11.3 Å². The topological polar surface area (TPSA) is 59.1 Å². The van der Waals surface area contributed by atoms with Crippen molar-refractivity contribution in [2.24, 2.45) is 0 Å². The summed E-state index contributed by atoms with van der Waals surface area (Å²) in [5.41, 5.74) is 2.08. The van der Waals surface area contributed by atoms with Crippen LogP contribution in [-0.2, 0) is 14.3 Å². The number of benzene rings is 1. The van der Waals surface area contributed by atoms with Crippen molar-refractivity contribution in [3.63, 3.8) is 0 Å². The Morgan fingerprint density at radius 1 is 1.07 bits per heavy atom. The number of hydrogen-bond donors (Lipinski definition) is 0. The molecular weight excluding hydrogens is 388 g/mol. The Morgan fingerprint density at radius 3 is 2.45 bits per heavy atom. The SMILES string of the molecule is CC(OC(=O)c1cc(-c2ccccc2)c(N2CCOCC2)s1)C(=O)N1CCCC1. The second kappa shape index (κ2) is 8.97. The molecule has 2 fully saturated rings. The van der Waals surface area contributed by atoms with Crippen LogP contribution in [0.5, 0.6) is 0 Å². The maximum Gasteiger partial charge on any atom is 0.349 e. The predicted octanol–water partition coefficient (Wildman–Crippen LogP) is 3.42. The highest BCUT2D eigenvalue weighted by Crippen LogP contribution is 2.39. The molecular formula is C22H26N2O4S. The molecule has 2 aromatic rings. The molecule has 7 heteroatoms. The summed E-state index contributed by atoms with van der Waals surface area (Å²) in [4.78, 5) is 29.9. The van der Waals surface area contributed by atoms with E-state index >= 15 is 0 Å². The number of hydrogen-bond acceptors (Lipinski definition) is 6. The van der Waals surface area contributed by atoms with E-state index < -0.39 is 12.1 Å². The van der Waals surface area contributed by atoms with Gasteiger partial charge in [0.05, 0.1) is 18.2 Å². The normalized spacial score (nSPS) is 18.0. The monoisotopic (exact) mass is 414 g/mol. The van der Waals surface area contributed by atoms with Crippen LogP contribution >= 0.6 is 11.3 Å². The molecule has 1 amide bonds. The molecule has 1 atom stereocenters. The van der Waals surface area contributed by atoms with Crippen LogP contribution in [0.1, 0.15) is 29.4 Å². The minimum Gasteiger partial charge on any atom is -0.448 e. The van der Waals surface area contributed by atoms with E-state index in [1.54, 1.807) is 11.8 Å². The van der Waals surface area contributed by atoms with Crippen LogP contribution < -0.4 is 4.90 Å². The Morgan fingerprint density at radius 2 is 1.76 bits per heavy atom. The molecule has 1 aromatic heterocycles. The third-order valence-electron chi connectivity index (χ3n) is 5.35. The molecule has 1 aromatic carbocycles. The molecule has 0 bridgehead atoms. The molecule has 29 heavy (non-hydrogen) atoms. The number of ether oxygens (including phenoxy) is 2. The lowest BCUT2D eigenvalue weighted by atomic mass is 10.1. The van der Waals surface area contributed by atoms with Gasteiger partial charge in [-0.2, -0.15) is 0 Å². The maximum absolute atomic E-state index is 12.8. The Kier molecular flexibility index (Phi) is 6.16. The molecule has 6 nitrogen and oxygen atoms in total. The van der Waals surface area contributed by atoms with Crippen molar-refractivity contribution in [2.75, 3.05) is 44.3 Å². The number of amides is 1. The molecule has 0 aliphatic carbocycles. The van der Waals surface area contributed by atoms with Gasteiger partial charge in [-0.1, -0.05) is 30.3 Å². The Balaban J connectivity index is 1.55. The molecule has 3 heterocycles. The summed E-state index contributed by atoms with van der Waals surface area (Å²) in [6, 6.07) is 11.9. The van der Waals surface area contributed by atoms with E-state index in [0.717, 1.165) is 55.1 Å². The van der Waals surface area contributed by atoms with Gasteiger partial charge in [0.15, 0.2) is 6.10 Å². The van der Waals surface area contributed by atoms with Crippen LogP contribution in [0.2, 0.25) is 0 Å². The zero-order chi connectivity index (χ0) is 20.2. The largest absolute Gasteiger partial charge is 0.448 e. The summed E-state index contributed by atoms with van der Waals surface area (Å²) >= 11 is 1.43. The van der Waals surface area contributed by atoms with Crippen molar-refractivity contribution < 1.29 is 19.1 Å². The molecule has 2 aliphatic rings. The summed E-state index contributed by atoms with van der Waals surface area (Å²) in [6.07, 6.45) is 1.26. The fourth-order valence-corrected chi connectivity index (χ4v) is 4.89. The second-order valence-corrected chi connectivity index (χ2v) is 8.41. The Labute approximate surface area is 175 Å². The first kappa shape index (κ1) is 19.9. The van der Waals surface area contributed by atoms with E-state index in [1.165, 1.54) is 11.3 Å². The standard InChI is InChI=1S/C22H26N2O4S/c1-16(20(25)23-9-5-6-10-23)28-22(26)19-15-18(17-7-3-2-4-8-17)21(29-19)24-11-13-27-14-12-24/h2-4,7-8,15-16H,5-6,9-14H2,1H3. The Hall–Kier alpha value is -2.38. The zero-order valence-electron chi connectivity index (χ0n) is 16.6. The summed E-state index contributed by atoms with van der Waals surface area (Å²) in [5, 5.41) is 1.05. The molecule has 0 N–H and O–H groups in total. The summed E-state index contributed by atoms with van der Waals surface area (Å²) in [7, 11) is 0. The number of nitrogens with zero attached hydrogens (tertiary/aromatic N) is 2. The van der Waals surface area contributed by atoms with E-state index in [4.69, 9.17) is 9.47 Å². The van der Waals surface area contributed by atoms with Crippen molar-refractivity contribution in [3.8, 4) is 11.1 Å². The summed E-state index contributed by atoms with van der Waals surface area (Å²) < 4.78 is 11.0. The van der Waals surface area contributed by atoms with Crippen molar-refractivity contribution in [1.29, 1.82) is 0 Å². The molecule has 0 radical (unpaired) electrons. The smallest absolute Gasteiger partial charge is 0.349 e. The summed E-state index contributed by atoms with van der Waals surface area (Å²) in [5.74, 6) is -0.546. The van der Waals surface area contributed by atoms with Gasteiger partial charge in [0.2, 0.25) is 0 Å². The van der Waals surface area contributed by atoms with Crippen molar-refractivity contribution in [1.82, 2.24) is 4.90 Å². The average molecular weight is 415 g/mol. The van der Waals surface area contributed by atoms with Gasteiger partial charge in [0.25, 0.3) is 5.91 Å².